The highest BCUT2D eigenvalue weighted by Crippen LogP contribution is 1.93. The third kappa shape index (κ3) is 4.40. The van der Waals surface area contributed by atoms with Crippen molar-refractivity contribution in [3.05, 3.63) is 33.7 Å². The maximum Gasteiger partial charge on any atom is 0.256 e. The largest absolute Gasteiger partial charge is 0.385 e. The molecule has 0 aliphatic carbocycles. The first-order valence-electron chi connectivity index (χ1n) is 5.61. The number of carbonyl (C=O) groups excluding carboxylic acids is 1. The van der Waals surface area contributed by atoms with Crippen LogP contribution in [0.4, 0.5) is 0 Å². The molecule has 0 aromatic carbocycles. The number of aryl methyl sites for hydroxylation is 1. The predicted octanol–water partition coefficient (Wildman–Crippen LogP) is 0.840. The van der Waals surface area contributed by atoms with E-state index in [0.29, 0.717) is 13.2 Å². The summed E-state index contributed by atoms with van der Waals surface area (Å²) < 4.78 is 4.90. The lowest BCUT2D eigenvalue weighted by atomic mass is 10.2. The van der Waals surface area contributed by atoms with Crippen LogP contribution in [0.25, 0.3) is 0 Å². The Morgan fingerprint density at radius 1 is 1.47 bits per heavy atom. The second kappa shape index (κ2) is 6.85. The molecule has 0 aliphatic rings. The molecule has 1 amide bonds. The Hall–Kier alpha value is -1.62. The van der Waals surface area contributed by atoms with Gasteiger partial charge >= 0.3 is 0 Å². The second-order valence-corrected chi connectivity index (χ2v) is 3.85. The van der Waals surface area contributed by atoms with Gasteiger partial charge in [-0.2, -0.15) is 0 Å². The molecular formula is C12H18N2O3. The molecule has 94 valence electrons. The van der Waals surface area contributed by atoms with E-state index < -0.39 is 0 Å². The summed E-state index contributed by atoms with van der Waals surface area (Å²) in [5.41, 5.74) is 0.643. The number of rotatable bonds is 6. The Labute approximate surface area is 100 Å². The fraction of sp³-hybridized carbons (Fsp3) is 0.500. The average Bonchev–Trinajstić information content (AvgIpc) is 2.28. The molecule has 0 fully saturated rings. The normalized spacial score (nSPS) is 10.2. The number of aromatic amines is 1. The van der Waals surface area contributed by atoms with E-state index in [0.717, 1.165) is 18.5 Å². The van der Waals surface area contributed by atoms with Crippen LogP contribution in [0, 0.1) is 6.92 Å². The quantitative estimate of drug-likeness (QED) is 0.721. The summed E-state index contributed by atoms with van der Waals surface area (Å²) in [5.74, 6) is -0.330. The molecule has 0 aliphatic heterocycles. The van der Waals surface area contributed by atoms with Crippen molar-refractivity contribution in [1.82, 2.24) is 10.3 Å². The molecule has 0 spiro atoms. The first-order chi connectivity index (χ1) is 8.15. The number of hydrogen-bond donors (Lipinski definition) is 2. The number of aromatic nitrogens is 1. The summed E-state index contributed by atoms with van der Waals surface area (Å²) in [6, 6.07) is 1.42. The number of methoxy groups -OCH3 is 1. The van der Waals surface area contributed by atoms with Gasteiger partial charge < -0.3 is 15.0 Å². The summed E-state index contributed by atoms with van der Waals surface area (Å²) >= 11 is 0. The van der Waals surface area contributed by atoms with E-state index in [1.54, 1.807) is 14.0 Å². The van der Waals surface area contributed by atoms with Crippen molar-refractivity contribution in [2.75, 3.05) is 20.3 Å². The summed E-state index contributed by atoms with van der Waals surface area (Å²) in [6.45, 7) is 3.00. The first-order valence-corrected chi connectivity index (χ1v) is 5.61. The minimum absolute atomic E-state index is 0.155. The maximum absolute atomic E-state index is 11.6. The van der Waals surface area contributed by atoms with Crippen molar-refractivity contribution in [2.24, 2.45) is 0 Å². The lowest BCUT2D eigenvalue weighted by Gasteiger charge is -2.04. The number of unbranched alkanes of at least 4 members (excludes halogenated alkanes) is 1. The van der Waals surface area contributed by atoms with Gasteiger partial charge in [0.15, 0.2) is 5.43 Å². The van der Waals surface area contributed by atoms with Gasteiger partial charge in [0, 0.05) is 38.2 Å². The van der Waals surface area contributed by atoms with Crippen LogP contribution >= 0.6 is 0 Å². The maximum atomic E-state index is 11.6. The molecule has 5 heteroatoms. The van der Waals surface area contributed by atoms with Gasteiger partial charge in [-0.05, 0) is 19.8 Å². The molecule has 17 heavy (non-hydrogen) atoms. The van der Waals surface area contributed by atoms with Gasteiger partial charge in [0.05, 0.1) is 0 Å². The number of hydrogen-bond acceptors (Lipinski definition) is 3. The third-order valence-corrected chi connectivity index (χ3v) is 2.36. The van der Waals surface area contributed by atoms with Crippen molar-refractivity contribution in [3.8, 4) is 0 Å². The zero-order chi connectivity index (χ0) is 12.7. The fourth-order valence-corrected chi connectivity index (χ4v) is 1.42. The number of nitrogens with one attached hydrogen (secondary N) is 2. The summed E-state index contributed by atoms with van der Waals surface area (Å²) in [4.78, 5) is 26.0. The third-order valence-electron chi connectivity index (χ3n) is 2.36. The lowest BCUT2D eigenvalue weighted by Crippen LogP contribution is -2.29. The number of ether oxygens (including phenoxy) is 1. The Morgan fingerprint density at radius 3 is 2.88 bits per heavy atom. The van der Waals surface area contributed by atoms with Crippen LogP contribution < -0.4 is 10.7 Å². The monoisotopic (exact) mass is 238 g/mol. The molecule has 1 aromatic rings. The van der Waals surface area contributed by atoms with Gasteiger partial charge in [-0.25, -0.2) is 0 Å². The van der Waals surface area contributed by atoms with E-state index in [9.17, 15) is 9.59 Å². The first kappa shape index (κ1) is 13.4. The van der Waals surface area contributed by atoms with E-state index in [1.807, 2.05) is 0 Å². The van der Waals surface area contributed by atoms with Gasteiger partial charge in [-0.3, -0.25) is 9.59 Å². The SMILES string of the molecule is COCCCCNC(=O)c1c[nH]c(C)cc1=O. The minimum atomic E-state index is -0.330. The number of amides is 1. The minimum Gasteiger partial charge on any atom is -0.385 e. The van der Waals surface area contributed by atoms with Crippen LogP contribution in [-0.2, 0) is 4.74 Å². The van der Waals surface area contributed by atoms with Crippen molar-refractivity contribution < 1.29 is 9.53 Å². The van der Waals surface area contributed by atoms with Crippen LogP contribution in [0.1, 0.15) is 28.9 Å². The zero-order valence-electron chi connectivity index (χ0n) is 10.2. The zero-order valence-corrected chi connectivity index (χ0v) is 10.2. The standard InChI is InChI=1S/C12H18N2O3/c1-9-7-11(15)10(8-14-9)12(16)13-5-3-4-6-17-2/h7-8H,3-6H2,1-2H3,(H,13,16)(H,14,15). The molecule has 1 rings (SSSR count). The van der Waals surface area contributed by atoms with Crippen molar-refractivity contribution in [2.45, 2.75) is 19.8 Å². The van der Waals surface area contributed by atoms with Gasteiger partial charge in [0.25, 0.3) is 5.91 Å². The molecule has 5 nitrogen and oxygen atoms in total. The van der Waals surface area contributed by atoms with Crippen molar-refractivity contribution in [1.29, 1.82) is 0 Å². The van der Waals surface area contributed by atoms with Crippen LogP contribution in [0.5, 0.6) is 0 Å². The van der Waals surface area contributed by atoms with E-state index in [1.165, 1.54) is 12.3 Å². The smallest absolute Gasteiger partial charge is 0.256 e. The van der Waals surface area contributed by atoms with Crippen LogP contribution in [0.2, 0.25) is 0 Å². The second-order valence-electron chi connectivity index (χ2n) is 3.85. The highest BCUT2D eigenvalue weighted by atomic mass is 16.5. The molecule has 0 saturated carbocycles. The molecule has 0 bridgehead atoms. The molecule has 0 atom stereocenters. The van der Waals surface area contributed by atoms with Crippen molar-refractivity contribution in [3.63, 3.8) is 0 Å². The Morgan fingerprint density at radius 2 is 2.24 bits per heavy atom. The predicted molar refractivity (Wildman–Crippen MR) is 65.2 cm³/mol. The van der Waals surface area contributed by atoms with Crippen LogP contribution in [0.3, 0.4) is 0 Å². The van der Waals surface area contributed by atoms with Crippen molar-refractivity contribution >= 4 is 5.91 Å². The average molecular weight is 238 g/mol. The molecule has 0 unspecified atom stereocenters. The molecule has 2 N–H and O–H groups in total. The molecule has 1 heterocycles. The number of carbonyl (C=O) groups is 1. The fourth-order valence-electron chi connectivity index (χ4n) is 1.42. The number of pyridine rings is 1. The van der Waals surface area contributed by atoms with E-state index in [-0.39, 0.29) is 16.9 Å². The van der Waals surface area contributed by atoms with Crippen LogP contribution in [0.15, 0.2) is 17.1 Å². The molecular weight excluding hydrogens is 220 g/mol. The Balaban J connectivity index is 2.45. The van der Waals surface area contributed by atoms with Gasteiger partial charge in [0.1, 0.15) is 5.56 Å². The van der Waals surface area contributed by atoms with E-state index in [4.69, 9.17) is 4.74 Å². The highest BCUT2D eigenvalue weighted by molar-refractivity contribution is 5.93. The molecule has 0 radical (unpaired) electrons. The van der Waals surface area contributed by atoms with E-state index >= 15 is 0 Å². The van der Waals surface area contributed by atoms with Gasteiger partial charge in [-0.1, -0.05) is 0 Å². The van der Waals surface area contributed by atoms with Gasteiger partial charge in [0.2, 0.25) is 0 Å². The van der Waals surface area contributed by atoms with Gasteiger partial charge in [-0.15, -0.1) is 0 Å². The highest BCUT2D eigenvalue weighted by Gasteiger charge is 2.08. The lowest BCUT2D eigenvalue weighted by molar-refractivity contribution is 0.0950. The molecule has 1 aromatic heterocycles. The summed E-state index contributed by atoms with van der Waals surface area (Å²) in [7, 11) is 1.64. The summed E-state index contributed by atoms with van der Waals surface area (Å²) in [5, 5.41) is 2.70. The Kier molecular flexibility index (Phi) is 5.42. The van der Waals surface area contributed by atoms with Crippen LogP contribution in [-0.4, -0.2) is 31.2 Å². The topological polar surface area (TPSA) is 71.2 Å². The summed E-state index contributed by atoms with van der Waals surface area (Å²) in [6.07, 6.45) is 3.17. The molecule has 0 saturated heterocycles. The Bertz CT molecular complexity index is 426. The number of H-pyrrole nitrogens is 1. The van der Waals surface area contributed by atoms with E-state index in [2.05, 4.69) is 10.3 Å².